The fraction of sp³-hybridized carbons (Fsp3) is 0.654. The third-order valence-corrected chi connectivity index (χ3v) is 10.7. The van der Waals surface area contributed by atoms with E-state index in [2.05, 4.69) is 34.4 Å². The van der Waals surface area contributed by atoms with Gasteiger partial charge in [0.1, 0.15) is 42.0 Å². The van der Waals surface area contributed by atoms with Gasteiger partial charge in [-0.05, 0) is 6.42 Å². The highest BCUT2D eigenvalue weighted by molar-refractivity contribution is 7.61. The summed E-state index contributed by atoms with van der Waals surface area (Å²) in [7, 11) is -16.4. The fourth-order valence-corrected chi connectivity index (χ4v) is 7.65. The van der Waals surface area contributed by atoms with Crippen LogP contribution < -0.4 is 16.4 Å². The minimum atomic E-state index is -5.58. The average Bonchev–Trinajstić information content (AvgIpc) is 3.63. The van der Waals surface area contributed by atoms with Crippen LogP contribution in [0.1, 0.15) is 52.2 Å². The number of fused-ring (bicyclic) bond motifs is 1. The van der Waals surface area contributed by atoms with Gasteiger partial charge in [0.25, 0.3) is 0 Å². The van der Waals surface area contributed by atoms with Crippen molar-refractivity contribution in [3.05, 3.63) is 12.7 Å². The van der Waals surface area contributed by atoms with Crippen molar-refractivity contribution in [1.29, 1.82) is 0 Å². The van der Waals surface area contributed by atoms with E-state index in [0.717, 1.165) is 17.2 Å². The number of nitrogens with two attached hydrogens (primary N) is 1. The van der Waals surface area contributed by atoms with Gasteiger partial charge in [-0.2, -0.15) is 4.31 Å². The predicted octanol–water partition coefficient (Wildman–Crippen LogP) is -1.38. The van der Waals surface area contributed by atoms with Crippen molar-refractivity contribution in [2.24, 2.45) is 5.41 Å². The molecule has 29 heteroatoms. The van der Waals surface area contributed by atoms with E-state index in [1.807, 2.05) is 0 Å². The van der Waals surface area contributed by atoms with Crippen LogP contribution in [0.15, 0.2) is 12.7 Å². The number of amides is 2. The first-order valence-corrected chi connectivity index (χ1v) is 20.6. The number of carbonyl (C=O) groups is 4. The molecule has 1 aliphatic heterocycles. The van der Waals surface area contributed by atoms with Gasteiger partial charge in [-0.3, -0.25) is 37.3 Å². The summed E-state index contributed by atoms with van der Waals surface area (Å²) in [6.45, 7) is 0.265. The Balaban J connectivity index is 1.49. The number of ketones is 1. The molecule has 0 aliphatic carbocycles. The average molecular weight is 850 g/mol. The minimum absolute atomic E-state index is 0.0203. The molecule has 0 aromatic carbocycles. The zero-order valence-electron chi connectivity index (χ0n) is 29.1. The summed E-state index contributed by atoms with van der Waals surface area (Å²) >= 11 is 0. The number of nitrogens with one attached hydrogen (secondary N) is 2. The number of hydrogen-bond donors (Lipinski definition) is 10. The minimum Gasteiger partial charge on any atom is -0.481 e. The molecule has 3 heterocycles. The lowest BCUT2D eigenvalue weighted by Gasteiger charge is -2.30. The Morgan fingerprint density at radius 3 is 2.31 bits per heavy atom. The molecule has 1 fully saturated rings. The quantitative estimate of drug-likeness (QED) is 0.0455. The van der Waals surface area contributed by atoms with Crippen LogP contribution in [0.5, 0.6) is 0 Å². The number of carboxylic acid groups (broad SMARTS) is 1. The summed E-state index contributed by atoms with van der Waals surface area (Å²) < 4.78 is 61.9. The normalized spacial score (nSPS) is 21.7. The lowest BCUT2D eigenvalue weighted by Crippen LogP contribution is -2.46. The maximum Gasteiger partial charge on any atom is 0.481 e. The van der Waals surface area contributed by atoms with E-state index in [0.29, 0.717) is 0 Å². The van der Waals surface area contributed by atoms with Gasteiger partial charge in [0.05, 0.1) is 26.0 Å². The maximum atomic E-state index is 12.6. The van der Waals surface area contributed by atoms with Crippen molar-refractivity contribution >= 4 is 64.0 Å². The van der Waals surface area contributed by atoms with E-state index in [-0.39, 0.29) is 68.0 Å². The lowest BCUT2D eigenvalue weighted by molar-refractivity contribution is -0.138. The Morgan fingerprint density at radius 1 is 0.982 bits per heavy atom. The van der Waals surface area contributed by atoms with Crippen LogP contribution in [0.25, 0.3) is 11.2 Å². The van der Waals surface area contributed by atoms with Crippen molar-refractivity contribution in [2.75, 3.05) is 32.0 Å². The van der Waals surface area contributed by atoms with Gasteiger partial charge in [-0.25, -0.2) is 28.6 Å². The first-order chi connectivity index (χ1) is 25.4. The van der Waals surface area contributed by atoms with Crippen molar-refractivity contribution in [3.8, 4) is 0 Å². The molecule has 11 N–H and O–H groups in total. The topological polar surface area (TPSA) is 401 Å². The Bertz CT molecular complexity index is 1840. The van der Waals surface area contributed by atoms with Crippen molar-refractivity contribution < 1.29 is 90.4 Å². The van der Waals surface area contributed by atoms with Gasteiger partial charge < -0.3 is 56.0 Å². The number of aliphatic carboxylic acids is 1. The molecule has 0 radical (unpaired) electrons. The van der Waals surface area contributed by atoms with Gasteiger partial charge in [0.15, 0.2) is 17.7 Å². The second-order valence-corrected chi connectivity index (χ2v) is 16.8. The smallest absolute Gasteiger partial charge is 0.481 e. The Morgan fingerprint density at radius 2 is 1.65 bits per heavy atom. The molecule has 3 rings (SSSR count). The number of aliphatic hydroxyl groups excluding tert-OH is 2. The number of hydrogen-bond acceptors (Lipinski definition) is 18. The first kappa shape index (κ1) is 46.1. The zero-order chi connectivity index (χ0) is 41.4. The number of phosphoric acid groups is 3. The summed E-state index contributed by atoms with van der Waals surface area (Å²) in [5.74, 6) is -2.94. The summed E-state index contributed by atoms with van der Waals surface area (Å²) in [6, 6.07) is 0. The molecule has 2 aromatic heterocycles. The molecule has 1 aliphatic rings. The van der Waals surface area contributed by atoms with E-state index in [1.165, 1.54) is 13.8 Å². The number of nitrogens with zero attached hydrogens (tertiary/aromatic N) is 4. The number of phosphoric ester groups is 3. The highest BCUT2D eigenvalue weighted by atomic mass is 31.3. The molecule has 2 amide bonds. The van der Waals surface area contributed by atoms with Crippen molar-refractivity contribution in [2.45, 2.75) is 76.6 Å². The summed E-state index contributed by atoms with van der Waals surface area (Å²) in [6.07, 6.45) is -7.14. The van der Waals surface area contributed by atoms with Gasteiger partial charge in [-0.15, -0.1) is 0 Å². The molecule has 0 saturated carbocycles. The highest BCUT2D eigenvalue weighted by Crippen LogP contribution is 2.61. The number of carbonyl (C=O) groups excluding carboxylic acids is 3. The number of nitrogen functional groups attached to an aromatic ring is 1. The molecular weight excluding hydrogens is 807 g/mol. The molecule has 2 aromatic rings. The van der Waals surface area contributed by atoms with E-state index in [1.54, 1.807) is 0 Å². The third-order valence-electron chi connectivity index (χ3n) is 7.65. The highest BCUT2D eigenvalue weighted by Gasteiger charge is 2.50. The third kappa shape index (κ3) is 14.3. The SMILES string of the molecule is CC(C)(COP(=O)(O)OP(=O)(O)OCC1OC(n2cnc3c(N)ncnc32)C(O)C1OP(=O)(O)O)C(O)C(=O)NCCC(=O)NCCCC(=O)CCC(=O)O. The molecule has 7 atom stereocenters. The summed E-state index contributed by atoms with van der Waals surface area (Å²) in [5, 5.41) is 34.8. The molecule has 1 saturated heterocycles. The van der Waals surface area contributed by atoms with Gasteiger partial charge >= 0.3 is 29.4 Å². The monoisotopic (exact) mass is 849 g/mol. The van der Waals surface area contributed by atoms with Crippen LogP contribution >= 0.6 is 23.5 Å². The Labute approximate surface area is 311 Å². The Hall–Kier alpha value is -3.32. The summed E-state index contributed by atoms with van der Waals surface area (Å²) in [5.41, 5.74) is 4.20. The second-order valence-electron chi connectivity index (χ2n) is 12.6. The number of Topliss-reactive ketones (excluding diaryl/α,β-unsaturated/α-hetero) is 1. The van der Waals surface area contributed by atoms with E-state index >= 15 is 0 Å². The van der Waals surface area contributed by atoms with E-state index in [4.69, 9.17) is 24.6 Å². The second kappa shape index (κ2) is 19.2. The van der Waals surface area contributed by atoms with Gasteiger partial charge in [0.2, 0.25) is 11.8 Å². The van der Waals surface area contributed by atoms with Crippen LogP contribution in [0.4, 0.5) is 5.82 Å². The van der Waals surface area contributed by atoms with E-state index < -0.39 is 90.5 Å². The van der Waals surface area contributed by atoms with Crippen molar-refractivity contribution in [3.63, 3.8) is 0 Å². The zero-order valence-corrected chi connectivity index (χ0v) is 31.8. The van der Waals surface area contributed by atoms with Crippen LogP contribution in [0, 0.1) is 5.41 Å². The number of ether oxygens (including phenoxy) is 1. The number of aromatic nitrogens is 4. The maximum absolute atomic E-state index is 12.6. The van der Waals surface area contributed by atoms with Crippen LogP contribution in [0.2, 0.25) is 0 Å². The standard InChI is InChI=1S/C26H42N7O19P3/c1-26(2,21(39)24(40)29-9-7-16(35)28-8-3-4-14(34)5-6-17(36)37)11-49-55(46,47)52-54(44,45)48-10-15-20(51-53(41,42)43)19(38)25(50-15)33-13-32-18-22(27)30-12-31-23(18)33/h12-13,15,19-21,25,38-39H,3-11H2,1-2H3,(H,28,35)(H,29,40)(H,36,37)(H,44,45)(H,46,47)(H2,27,30,31)(H2,41,42,43). The molecule has 26 nitrogen and oxygen atoms in total. The Kier molecular flexibility index (Phi) is 16.1. The molecule has 0 spiro atoms. The number of aliphatic hydroxyl groups is 2. The molecule has 7 unspecified atom stereocenters. The first-order valence-electron chi connectivity index (χ1n) is 16.0. The largest absolute Gasteiger partial charge is 0.481 e. The number of imidazole rings is 1. The van der Waals surface area contributed by atoms with Gasteiger partial charge in [0, 0.05) is 37.8 Å². The van der Waals surface area contributed by atoms with Crippen LogP contribution in [-0.2, 0) is 55.5 Å². The van der Waals surface area contributed by atoms with Crippen LogP contribution in [0.3, 0.4) is 0 Å². The van der Waals surface area contributed by atoms with E-state index in [9.17, 15) is 62.7 Å². The summed E-state index contributed by atoms with van der Waals surface area (Å²) in [4.78, 5) is 97.4. The molecule has 310 valence electrons. The lowest BCUT2D eigenvalue weighted by atomic mass is 9.87. The fourth-order valence-electron chi connectivity index (χ4n) is 4.82. The number of rotatable bonds is 23. The molecule has 55 heavy (non-hydrogen) atoms. The number of anilines is 1. The predicted molar refractivity (Wildman–Crippen MR) is 181 cm³/mol. The van der Waals surface area contributed by atoms with Gasteiger partial charge in [-0.1, -0.05) is 13.8 Å². The molecular formula is C26H42N7O19P3. The van der Waals surface area contributed by atoms with Crippen LogP contribution in [-0.4, -0.2) is 129 Å². The van der Waals surface area contributed by atoms with Crippen molar-refractivity contribution in [1.82, 2.24) is 30.2 Å². The number of carboxylic acids is 1. The molecule has 0 bridgehead atoms.